The van der Waals surface area contributed by atoms with Crippen LogP contribution in [0.15, 0.2) is 0 Å². The average Bonchev–Trinajstić information content (AvgIpc) is 2.76. The molecule has 0 saturated carbocycles. The second kappa shape index (κ2) is 19.8. The molecular formula is C24H49N3O3. The zero-order chi connectivity index (χ0) is 22.6. The van der Waals surface area contributed by atoms with E-state index in [1.807, 2.05) is 0 Å². The number of hydrogen-bond acceptors (Lipinski definition) is 4. The molecule has 0 radical (unpaired) electrons. The van der Waals surface area contributed by atoms with E-state index in [0.717, 1.165) is 25.9 Å². The van der Waals surface area contributed by atoms with Gasteiger partial charge >= 0.3 is 0 Å². The third-order valence-electron chi connectivity index (χ3n) is 5.87. The lowest BCUT2D eigenvalue weighted by atomic mass is 9.95. The molecule has 2 unspecified atom stereocenters. The molecule has 6 heteroatoms. The first-order valence-corrected chi connectivity index (χ1v) is 12.4. The molecule has 0 saturated heterocycles. The standard InChI is InChI=1S/C24H49N3O3/c1-5-9-11-21(7-3)19-27(20-22(8-4)12-10-6-2)24(30)14-13-23(29)26-16-15-25-17-18-28/h21-22,25,28H,5-20H2,1-4H3,(H,26,29). The maximum absolute atomic E-state index is 13.0. The molecule has 0 aliphatic carbocycles. The van der Waals surface area contributed by atoms with Crippen LogP contribution in [-0.2, 0) is 9.59 Å². The summed E-state index contributed by atoms with van der Waals surface area (Å²) in [5.41, 5.74) is 0. The maximum Gasteiger partial charge on any atom is 0.223 e. The molecule has 2 atom stereocenters. The van der Waals surface area contributed by atoms with Gasteiger partial charge in [0.15, 0.2) is 0 Å². The first-order chi connectivity index (χ1) is 14.5. The maximum atomic E-state index is 13.0. The number of rotatable bonds is 20. The first kappa shape index (κ1) is 28.9. The lowest BCUT2D eigenvalue weighted by molar-refractivity contribution is -0.134. The number of hydrogen-bond donors (Lipinski definition) is 3. The van der Waals surface area contributed by atoms with Crippen molar-refractivity contribution in [1.29, 1.82) is 0 Å². The summed E-state index contributed by atoms with van der Waals surface area (Å²) in [6, 6.07) is 0. The van der Waals surface area contributed by atoms with Gasteiger partial charge < -0.3 is 20.6 Å². The van der Waals surface area contributed by atoms with Gasteiger partial charge in [0.1, 0.15) is 0 Å². The molecule has 2 amide bonds. The Labute approximate surface area is 185 Å². The quantitative estimate of drug-likeness (QED) is 0.259. The van der Waals surface area contributed by atoms with Gasteiger partial charge in [0.25, 0.3) is 0 Å². The van der Waals surface area contributed by atoms with Crippen LogP contribution in [0.5, 0.6) is 0 Å². The summed E-state index contributed by atoms with van der Waals surface area (Å²) in [6.07, 6.45) is 9.84. The van der Waals surface area contributed by atoms with Gasteiger partial charge in [0.05, 0.1) is 6.61 Å². The SMILES string of the molecule is CCCCC(CC)CN(CC(CC)CCCC)C(=O)CCC(=O)NCCNCCO. The van der Waals surface area contributed by atoms with Crippen LogP contribution in [0.3, 0.4) is 0 Å². The molecule has 0 aliphatic rings. The second-order valence-corrected chi connectivity index (χ2v) is 8.46. The van der Waals surface area contributed by atoms with Crippen molar-refractivity contribution < 1.29 is 14.7 Å². The van der Waals surface area contributed by atoms with Crippen LogP contribution in [0.1, 0.15) is 91.9 Å². The van der Waals surface area contributed by atoms with E-state index in [2.05, 4.69) is 43.2 Å². The van der Waals surface area contributed by atoms with Crippen LogP contribution < -0.4 is 10.6 Å². The number of aliphatic hydroxyl groups excluding tert-OH is 1. The van der Waals surface area contributed by atoms with Gasteiger partial charge in [-0.3, -0.25) is 9.59 Å². The number of aliphatic hydroxyl groups is 1. The molecule has 0 rings (SSSR count). The number of unbranched alkanes of at least 4 members (excludes halogenated alkanes) is 2. The molecule has 0 heterocycles. The van der Waals surface area contributed by atoms with Gasteiger partial charge in [0, 0.05) is 45.6 Å². The van der Waals surface area contributed by atoms with Gasteiger partial charge in [-0.05, 0) is 24.7 Å². The minimum Gasteiger partial charge on any atom is -0.395 e. The predicted molar refractivity (Wildman–Crippen MR) is 125 cm³/mol. The third-order valence-corrected chi connectivity index (χ3v) is 5.87. The van der Waals surface area contributed by atoms with E-state index in [1.165, 1.54) is 38.5 Å². The summed E-state index contributed by atoms with van der Waals surface area (Å²) < 4.78 is 0. The largest absolute Gasteiger partial charge is 0.395 e. The Morgan fingerprint density at radius 1 is 0.833 bits per heavy atom. The second-order valence-electron chi connectivity index (χ2n) is 8.46. The van der Waals surface area contributed by atoms with Crippen LogP contribution in [0.2, 0.25) is 0 Å². The van der Waals surface area contributed by atoms with E-state index >= 15 is 0 Å². The van der Waals surface area contributed by atoms with Crippen molar-refractivity contribution in [2.45, 2.75) is 91.9 Å². The molecule has 0 bridgehead atoms. The van der Waals surface area contributed by atoms with Crippen molar-refractivity contribution >= 4 is 11.8 Å². The van der Waals surface area contributed by atoms with Crippen LogP contribution in [-0.4, -0.2) is 61.2 Å². The molecule has 0 aromatic rings. The molecule has 0 aliphatic heterocycles. The summed E-state index contributed by atoms with van der Waals surface area (Å²) in [4.78, 5) is 27.2. The molecule has 0 spiro atoms. The molecule has 0 aromatic carbocycles. The Morgan fingerprint density at radius 3 is 1.87 bits per heavy atom. The summed E-state index contributed by atoms with van der Waals surface area (Å²) >= 11 is 0. The number of carbonyl (C=O) groups is 2. The van der Waals surface area contributed by atoms with Crippen LogP contribution >= 0.6 is 0 Å². The van der Waals surface area contributed by atoms with Crippen LogP contribution in [0.4, 0.5) is 0 Å². The van der Waals surface area contributed by atoms with Crippen LogP contribution in [0, 0.1) is 11.8 Å². The van der Waals surface area contributed by atoms with Crippen LogP contribution in [0.25, 0.3) is 0 Å². The molecule has 6 nitrogen and oxygen atoms in total. The fourth-order valence-corrected chi connectivity index (χ4v) is 3.70. The molecular weight excluding hydrogens is 378 g/mol. The van der Waals surface area contributed by atoms with Gasteiger partial charge in [-0.25, -0.2) is 0 Å². The number of amides is 2. The zero-order valence-corrected chi connectivity index (χ0v) is 20.2. The van der Waals surface area contributed by atoms with E-state index < -0.39 is 0 Å². The number of carbonyl (C=O) groups excluding carboxylic acids is 2. The molecule has 3 N–H and O–H groups in total. The Balaban J connectivity index is 4.72. The van der Waals surface area contributed by atoms with E-state index in [1.54, 1.807) is 0 Å². The van der Waals surface area contributed by atoms with Crippen molar-refractivity contribution in [2.75, 3.05) is 39.3 Å². The van der Waals surface area contributed by atoms with Crippen molar-refractivity contribution in [3.05, 3.63) is 0 Å². The Hall–Kier alpha value is -1.14. The minimum atomic E-state index is -0.0786. The lowest BCUT2D eigenvalue weighted by Gasteiger charge is -2.31. The van der Waals surface area contributed by atoms with E-state index in [4.69, 9.17) is 5.11 Å². The normalized spacial score (nSPS) is 13.1. The van der Waals surface area contributed by atoms with Gasteiger partial charge in [-0.1, -0.05) is 66.2 Å². The highest BCUT2D eigenvalue weighted by Gasteiger charge is 2.21. The first-order valence-electron chi connectivity index (χ1n) is 12.4. The van der Waals surface area contributed by atoms with Crippen molar-refractivity contribution in [2.24, 2.45) is 11.8 Å². The Bertz CT molecular complexity index is 414. The molecule has 30 heavy (non-hydrogen) atoms. The van der Waals surface area contributed by atoms with Crippen molar-refractivity contribution in [1.82, 2.24) is 15.5 Å². The predicted octanol–water partition coefficient (Wildman–Crippen LogP) is 3.73. The van der Waals surface area contributed by atoms with E-state index in [-0.39, 0.29) is 31.3 Å². The topological polar surface area (TPSA) is 81.7 Å². The average molecular weight is 428 g/mol. The summed E-state index contributed by atoms with van der Waals surface area (Å²) in [7, 11) is 0. The monoisotopic (exact) mass is 427 g/mol. The third kappa shape index (κ3) is 14.8. The summed E-state index contributed by atoms with van der Waals surface area (Å²) in [6.45, 7) is 12.3. The van der Waals surface area contributed by atoms with Crippen molar-refractivity contribution in [3.63, 3.8) is 0 Å². The highest BCUT2D eigenvalue weighted by atomic mass is 16.3. The van der Waals surface area contributed by atoms with E-state index in [9.17, 15) is 9.59 Å². The van der Waals surface area contributed by atoms with Gasteiger partial charge in [-0.15, -0.1) is 0 Å². The number of nitrogens with zero attached hydrogens (tertiary/aromatic N) is 1. The summed E-state index contributed by atoms with van der Waals surface area (Å²) in [5, 5.41) is 14.6. The van der Waals surface area contributed by atoms with Gasteiger partial charge in [-0.2, -0.15) is 0 Å². The van der Waals surface area contributed by atoms with Gasteiger partial charge in [0.2, 0.25) is 11.8 Å². The molecule has 178 valence electrons. The van der Waals surface area contributed by atoms with Crippen molar-refractivity contribution in [3.8, 4) is 0 Å². The highest BCUT2D eigenvalue weighted by Crippen LogP contribution is 2.20. The smallest absolute Gasteiger partial charge is 0.223 e. The number of nitrogens with one attached hydrogen (secondary N) is 2. The fraction of sp³-hybridized carbons (Fsp3) is 0.917. The molecule has 0 fully saturated rings. The Morgan fingerprint density at radius 2 is 1.40 bits per heavy atom. The minimum absolute atomic E-state index is 0.0786. The fourth-order valence-electron chi connectivity index (χ4n) is 3.70. The Kier molecular flexibility index (Phi) is 19.0. The lowest BCUT2D eigenvalue weighted by Crippen LogP contribution is -2.39. The highest BCUT2D eigenvalue weighted by molar-refractivity contribution is 5.83. The summed E-state index contributed by atoms with van der Waals surface area (Å²) in [5.74, 6) is 1.13. The molecule has 0 aromatic heterocycles. The zero-order valence-electron chi connectivity index (χ0n) is 20.2. The van der Waals surface area contributed by atoms with E-state index in [0.29, 0.717) is 31.5 Å².